The molecule has 0 aliphatic rings. The fourth-order valence-corrected chi connectivity index (χ4v) is 2.64. The van der Waals surface area contributed by atoms with Crippen LogP contribution in [0.25, 0.3) is 10.9 Å². The van der Waals surface area contributed by atoms with Crippen molar-refractivity contribution in [3.05, 3.63) is 36.0 Å². The Bertz CT molecular complexity index is 775. The Balaban J connectivity index is 2.06. The van der Waals surface area contributed by atoms with Gasteiger partial charge in [-0.15, -0.1) is 0 Å². The normalized spacial score (nSPS) is 17.5. The Hall–Kier alpha value is -2.14. The highest BCUT2D eigenvalue weighted by molar-refractivity contribution is 6.40. The summed E-state index contributed by atoms with van der Waals surface area (Å²) in [6.07, 6.45) is -6.51. The van der Waals surface area contributed by atoms with Crippen LogP contribution in [0.2, 0.25) is 0 Å². The Morgan fingerprint density at radius 1 is 1.04 bits per heavy atom. The molecule has 1 unspecified atom stereocenters. The highest BCUT2D eigenvalue weighted by atomic mass is 16.4. The summed E-state index contributed by atoms with van der Waals surface area (Å²) in [5, 5.41) is 47.8. The standard InChI is InChI=1S/C17H22N2O7/c18-10(5-8-6-19-11-4-2-1-3-9(8)11)13(22)15(24)17(26)16(25)14(23)12(21)7-20/h1-4,6,10,12,14,16-17,19-21,23,25-26H,5,7,18H2/t10-,12+,14+,16-,17?/m0/s1. The lowest BCUT2D eigenvalue weighted by Crippen LogP contribution is -2.52. The minimum absolute atomic E-state index is 0.0270. The molecule has 0 saturated heterocycles. The van der Waals surface area contributed by atoms with Crippen molar-refractivity contribution in [3.63, 3.8) is 0 Å². The van der Waals surface area contributed by atoms with E-state index >= 15 is 0 Å². The summed E-state index contributed by atoms with van der Waals surface area (Å²) in [7, 11) is 0. The van der Waals surface area contributed by atoms with Crippen LogP contribution in [-0.2, 0) is 16.0 Å². The lowest BCUT2D eigenvalue weighted by atomic mass is 9.94. The van der Waals surface area contributed by atoms with Crippen LogP contribution < -0.4 is 5.73 Å². The number of fused-ring (bicyclic) bond motifs is 1. The summed E-state index contributed by atoms with van der Waals surface area (Å²) < 4.78 is 0. The van der Waals surface area contributed by atoms with E-state index in [0.717, 1.165) is 10.9 Å². The van der Waals surface area contributed by atoms with Gasteiger partial charge in [-0.3, -0.25) is 9.59 Å². The lowest BCUT2D eigenvalue weighted by Gasteiger charge is -2.25. The number of aliphatic hydroxyl groups is 5. The second kappa shape index (κ2) is 8.49. The van der Waals surface area contributed by atoms with Crippen molar-refractivity contribution in [3.8, 4) is 0 Å². The summed E-state index contributed by atoms with van der Waals surface area (Å²) in [4.78, 5) is 27.2. The first-order valence-corrected chi connectivity index (χ1v) is 7.99. The largest absolute Gasteiger partial charge is 0.394 e. The number of hydrogen-bond acceptors (Lipinski definition) is 8. The van der Waals surface area contributed by atoms with E-state index in [1.807, 2.05) is 24.3 Å². The second-order valence-electron chi connectivity index (χ2n) is 6.07. The van der Waals surface area contributed by atoms with Gasteiger partial charge in [-0.25, -0.2) is 0 Å². The molecule has 5 atom stereocenters. The highest BCUT2D eigenvalue weighted by Gasteiger charge is 2.38. The van der Waals surface area contributed by atoms with Crippen LogP contribution in [-0.4, -0.2) is 79.1 Å². The molecule has 1 aromatic heterocycles. The third-order valence-electron chi connectivity index (χ3n) is 4.22. The monoisotopic (exact) mass is 366 g/mol. The smallest absolute Gasteiger partial charge is 0.231 e. The number of benzene rings is 1. The van der Waals surface area contributed by atoms with Crippen molar-refractivity contribution in [1.82, 2.24) is 4.98 Å². The maximum atomic E-state index is 12.2. The van der Waals surface area contributed by atoms with Crippen LogP contribution in [0.1, 0.15) is 5.56 Å². The Morgan fingerprint density at radius 2 is 1.69 bits per heavy atom. The molecule has 2 aromatic rings. The second-order valence-corrected chi connectivity index (χ2v) is 6.07. The molecule has 0 saturated carbocycles. The molecule has 0 aliphatic heterocycles. The first kappa shape index (κ1) is 20.2. The molecule has 0 bridgehead atoms. The summed E-state index contributed by atoms with van der Waals surface area (Å²) in [5.41, 5.74) is 7.32. The predicted octanol–water partition coefficient (Wildman–Crippen LogP) is -2.39. The van der Waals surface area contributed by atoms with E-state index in [-0.39, 0.29) is 6.42 Å². The van der Waals surface area contributed by atoms with Gasteiger partial charge in [0.25, 0.3) is 0 Å². The number of nitrogens with two attached hydrogens (primary N) is 1. The van der Waals surface area contributed by atoms with Crippen LogP contribution in [0.4, 0.5) is 0 Å². The van der Waals surface area contributed by atoms with Crippen molar-refractivity contribution >= 4 is 22.5 Å². The van der Waals surface area contributed by atoms with E-state index in [1.165, 1.54) is 0 Å². The molecule has 0 radical (unpaired) electrons. The number of para-hydroxylation sites is 1. The van der Waals surface area contributed by atoms with Crippen molar-refractivity contribution in [1.29, 1.82) is 0 Å². The van der Waals surface area contributed by atoms with E-state index in [9.17, 15) is 30.0 Å². The van der Waals surface area contributed by atoms with E-state index in [2.05, 4.69) is 4.98 Å². The quantitative estimate of drug-likeness (QED) is 0.240. The molecule has 0 aliphatic carbocycles. The third kappa shape index (κ3) is 4.15. The number of Topliss-reactive ketones (excluding diaryl/α,β-unsaturated/α-hetero) is 2. The Morgan fingerprint density at radius 3 is 2.35 bits per heavy atom. The molecule has 9 nitrogen and oxygen atoms in total. The number of aromatic nitrogens is 1. The average molecular weight is 366 g/mol. The van der Waals surface area contributed by atoms with E-state index in [1.54, 1.807) is 6.20 Å². The fourth-order valence-electron chi connectivity index (χ4n) is 2.64. The first-order chi connectivity index (χ1) is 12.3. The molecule has 0 fully saturated rings. The van der Waals surface area contributed by atoms with Gasteiger partial charge in [-0.05, 0) is 18.1 Å². The summed E-state index contributed by atoms with van der Waals surface area (Å²) in [6, 6.07) is 6.05. The zero-order valence-corrected chi connectivity index (χ0v) is 13.8. The maximum Gasteiger partial charge on any atom is 0.231 e. The molecular weight excluding hydrogens is 344 g/mol. The average Bonchev–Trinajstić information content (AvgIpc) is 3.07. The zero-order valence-electron chi connectivity index (χ0n) is 13.8. The van der Waals surface area contributed by atoms with Gasteiger partial charge >= 0.3 is 0 Å². The fraction of sp³-hybridized carbons (Fsp3) is 0.412. The topological polar surface area (TPSA) is 177 Å². The molecule has 26 heavy (non-hydrogen) atoms. The number of nitrogens with one attached hydrogen (secondary N) is 1. The van der Waals surface area contributed by atoms with Crippen molar-refractivity contribution in [2.24, 2.45) is 5.73 Å². The van der Waals surface area contributed by atoms with Crippen LogP contribution in [0.15, 0.2) is 30.5 Å². The maximum absolute atomic E-state index is 12.2. The van der Waals surface area contributed by atoms with Crippen molar-refractivity contribution in [2.75, 3.05) is 6.61 Å². The molecule has 2 rings (SSSR count). The highest BCUT2D eigenvalue weighted by Crippen LogP contribution is 2.19. The van der Waals surface area contributed by atoms with Gasteiger partial charge in [-0.1, -0.05) is 18.2 Å². The lowest BCUT2D eigenvalue weighted by molar-refractivity contribution is -0.154. The molecular formula is C17H22N2O7. The molecule has 8 N–H and O–H groups in total. The minimum atomic E-state index is -2.27. The SMILES string of the molecule is N[C@@H](Cc1c[nH]c2ccccc12)C(=O)C(=O)C(O)[C@@H](O)[C@H](O)[C@H](O)CO. The van der Waals surface area contributed by atoms with Gasteiger partial charge in [0.05, 0.1) is 12.6 Å². The predicted molar refractivity (Wildman–Crippen MR) is 91.1 cm³/mol. The van der Waals surface area contributed by atoms with E-state index < -0.39 is 48.6 Å². The first-order valence-electron chi connectivity index (χ1n) is 7.99. The molecule has 0 amide bonds. The van der Waals surface area contributed by atoms with Gasteiger partial charge < -0.3 is 36.3 Å². The number of carbonyl (C=O) groups excluding carboxylic acids is 2. The van der Waals surface area contributed by atoms with Crippen molar-refractivity contribution in [2.45, 2.75) is 36.9 Å². The number of rotatable bonds is 9. The molecule has 0 spiro atoms. The van der Waals surface area contributed by atoms with Crippen molar-refractivity contribution < 1.29 is 35.1 Å². The van der Waals surface area contributed by atoms with Gasteiger partial charge in [0.15, 0.2) is 0 Å². The number of H-pyrrole nitrogens is 1. The van der Waals surface area contributed by atoms with E-state index in [0.29, 0.717) is 5.56 Å². The zero-order chi connectivity index (χ0) is 19.4. The van der Waals surface area contributed by atoms with E-state index in [4.69, 9.17) is 10.8 Å². The summed E-state index contributed by atoms with van der Waals surface area (Å²) >= 11 is 0. The Kier molecular flexibility index (Phi) is 6.59. The molecule has 9 heteroatoms. The number of hydrogen-bond donors (Lipinski definition) is 7. The van der Waals surface area contributed by atoms with Crippen LogP contribution >= 0.6 is 0 Å². The summed E-state index contributed by atoms with van der Waals surface area (Å²) in [5.74, 6) is -2.50. The van der Waals surface area contributed by atoms with Gasteiger partial charge in [0.1, 0.15) is 24.4 Å². The van der Waals surface area contributed by atoms with Crippen LogP contribution in [0, 0.1) is 0 Å². The van der Waals surface area contributed by atoms with Crippen LogP contribution in [0.5, 0.6) is 0 Å². The number of aromatic amines is 1. The van der Waals surface area contributed by atoms with Crippen LogP contribution in [0.3, 0.4) is 0 Å². The minimum Gasteiger partial charge on any atom is -0.394 e. The third-order valence-corrected chi connectivity index (χ3v) is 4.22. The summed E-state index contributed by atoms with van der Waals surface area (Å²) in [6.45, 7) is -0.896. The Labute approximate surface area is 148 Å². The van der Waals surface area contributed by atoms with Gasteiger partial charge in [0, 0.05) is 17.1 Å². The molecule has 1 aromatic carbocycles. The molecule has 1 heterocycles. The number of aliphatic hydroxyl groups excluding tert-OH is 5. The number of carbonyl (C=O) groups is 2. The van der Waals surface area contributed by atoms with Gasteiger partial charge in [-0.2, -0.15) is 0 Å². The number of ketones is 2. The molecule has 142 valence electrons. The van der Waals surface area contributed by atoms with Gasteiger partial charge in [0.2, 0.25) is 11.6 Å².